The number of carboxylic acids is 1. The largest absolute Gasteiger partial charge is 0.481 e. The number of amides is 1. The lowest BCUT2D eigenvalue weighted by molar-refractivity contribution is -0.137. The maximum absolute atomic E-state index is 12.9. The highest BCUT2D eigenvalue weighted by Gasteiger charge is 2.36. The van der Waals surface area contributed by atoms with Crippen molar-refractivity contribution in [2.24, 2.45) is 5.41 Å². The van der Waals surface area contributed by atoms with Gasteiger partial charge in [0, 0.05) is 12.1 Å². The first-order valence-corrected chi connectivity index (χ1v) is 8.65. The van der Waals surface area contributed by atoms with E-state index < -0.39 is 11.4 Å². The van der Waals surface area contributed by atoms with E-state index in [0.717, 1.165) is 30.5 Å². The van der Waals surface area contributed by atoms with Crippen LogP contribution >= 0.6 is 0 Å². The van der Waals surface area contributed by atoms with Crippen molar-refractivity contribution in [3.8, 4) is 0 Å². The van der Waals surface area contributed by atoms with Gasteiger partial charge in [-0.25, -0.2) is 0 Å². The van der Waals surface area contributed by atoms with Gasteiger partial charge < -0.3 is 10.4 Å². The summed E-state index contributed by atoms with van der Waals surface area (Å²) in [7, 11) is 0. The number of hydrogen-bond acceptors (Lipinski definition) is 2. The molecule has 1 unspecified atom stereocenters. The van der Waals surface area contributed by atoms with Crippen molar-refractivity contribution < 1.29 is 14.7 Å². The summed E-state index contributed by atoms with van der Waals surface area (Å²) < 4.78 is 0. The van der Waals surface area contributed by atoms with Crippen LogP contribution in [-0.4, -0.2) is 17.0 Å². The maximum atomic E-state index is 12.9. The second-order valence-corrected chi connectivity index (χ2v) is 7.05. The molecule has 1 amide bonds. The summed E-state index contributed by atoms with van der Waals surface area (Å²) in [5, 5.41) is 11.8. The minimum Gasteiger partial charge on any atom is -0.481 e. The van der Waals surface area contributed by atoms with Crippen LogP contribution in [0.3, 0.4) is 0 Å². The zero-order chi connectivity index (χ0) is 17.9. The highest BCUT2D eigenvalue weighted by Crippen LogP contribution is 2.36. The fraction of sp³-hybridized carbons (Fsp3) is 0.333. The summed E-state index contributed by atoms with van der Waals surface area (Å²) in [6.07, 6.45) is 3.04. The van der Waals surface area contributed by atoms with Crippen LogP contribution in [0.1, 0.15) is 36.5 Å². The van der Waals surface area contributed by atoms with Crippen LogP contribution in [0.4, 0.5) is 5.69 Å². The predicted octanol–water partition coefficient (Wildman–Crippen LogP) is 3.84. The van der Waals surface area contributed by atoms with Gasteiger partial charge in [-0.05, 0) is 54.5 Å². The molecule has 1 aliphatic carbocycles. The van der Waals surface area contributed by atoms with Gasteiger partial charge in [0.25, 0.3) is 0 Å². The molecule has 0 bridgehead atoms. The van der Waals surface area contributed by atoms with Crippen molar-refractivity contribution >= 4 is 17.6 Å². The minimum absolute atomic E-state index is 0.0254. The normalized spacial score (nSPS) is 19.1. The van der Waals surface area contributed by atoms with Gasteiger partial charge >= 0.3 is 5.97 Å². The third-order valence-corrected chi connectivity index (χ3v) is 5.01. The highest BCUT2D eigenvalue weighted by atomic mass is 16.4. The molecular formula is C21H23NO3. The van der Waals surface area contributed by atoms with Crippen molar-refractivity contribution in [2.75, 3.05) is 5.32 Å². The molecule has 0 saturated carbocycles. The van der Waals surface area contributed by atoms with Crippen molar-refractivity contribution in [1.82, 2.24) is 0 Å². The van der Waals surface area contributed by atoms with Gasteiger partial charge in [-0.3, -0.25) is 9.59 Å². The zero-order valence-electron chi connectivity index (χ0n) is 14.4. The smallest absolute Gasteiger partial charge is 0.303 e. The lowest BCUT2D eigenvalue weighted by Crippen LogP contribution is -2.38. The summed E-state index contributed by atoms with van der Waals surface area (Å²) in [6, 6.07) is 15.8. The van der Waals surface area contributed by atoms with Gasteiger partial charge in [0.2, 0.25) is 5.91 Å². The Balaban J connectivity index is 1.70. The average Bonchev–Trinajstić information content (AvgIpc) is 2.60. The van der Waals surface area contributed by atoms with E-state index in [1.807, 2.05) is 43.3 Å². The molecule has 130 valence electrons. The molecule has 2 aromatic rings. The standard InChI is InChI=1S/C21H23NO3/c1-21(12-11-16-6-2-3-7-17(16)14-21)20(25)22-18-8-4-5-15(13-18)9-10-19(23)24/h2-8,13H,9-12,14H2,1H3,(H,22,25)(H,23,24). The van der Waals surface area contributed by atoms with Crippen LogP contribution in [0.25, 0.3) is 0 Å². The van der Waals surface area contributed by atoms with E-state index >= 15 is 0 Å². The van der Waals surface area contributed by atoms with Crippen LogP contribution in [-0.2, 0) is 28.9 Å². The van der Waals surface area contributed by atoms with E-state index in [4.69, 9.17) is 5.11 Å². The third-order valence-electron chi connectivity index (χ3n) is 5.01. The lowest BCUT2D eigenvalue weighted by atomic mass is 9.72. The second kappa shape index (κ2) is 7.09. The molecule has 4 nitrogen and oxygen atoms in total. The SMILES string of the molecule is CC1(C(=O)Nc2cccc(CCC(=O)O)c2)CCc2ccccc2C1. The maximum Gasteiger partial charge on any atom is 0.303 e. The molecule has 0 heterocycles. The number of hydrogen-bond donors (Lipinski definition) is 2. The lowest BCUT2D eigenvalue weighted by Gasteiger charge is -2.33. The van der Waals surface area contributed by atoms with Gasteiger partial charge in [-0.15, -0.1) is 0 Å². The van der Waals surface area contributed by atoms with Gasteiger partial charge in [-0.1, -0.05) is 43.3 Å². The number of anilines is 1. The van der Waals surface area contributed by atoms with Gasteiger partial charge in [0.05, 0.1) is 5.41 Å². The number of fused-ring (bicyclic) bond motifs is 1. The number of carbonyl (C=O) groups is 2. The first-order chi connectivity index (χ1) is 12.0. The number of rotatable bonds is 5. The van der Waals surface area contributed by atoms with Crippen LogP contribution < -0.4 is 5.32 Å². The molecule has 0 aromatic heterocycles. The van der Waals surface area contributed by atoms with Crippen molar-refractivity contribution in [2.45, 2.75) is 39.0 Å². The molecule has 2 N–H and O–H groups in total. The summed E-state index contributed by atoms with van der Waals surface area (Å²) >= 11 is 0. The fourth-order valence-electron chi connectivity index (χ4n) is 3.42. The minimum atomic E-state index is -0.817. The average molecular weight is 337 g/mol. The van der Waals surface area contributed by atoms with Crippen molar-refractivity contribution in [3.63, 3.8) is 0 Å². The molecule has 2 aromatic carbocycles. The third kappa shape index (κ3) is 4.08. The summed E-state index contributed by atoms with van der Waals surface area (Å²) in [5.41, 5.74) is 3.81. The van der Waals surface area contributed by atoms with E-state index in [-0.39, 0.29) is 12.3 Å². The van der Waals surface area contributed by atoms with Crippen LogP contribution in [0, 0.1) is 5.41 Å². The van der Waals surface area contributed by atoms with Gasteiger partial charge in [0.15, 0.2) is 0 Å². The first-order valence-electron chi connectivity index (χ1n) is 8.65. The quantitative estimate of drug-likeness (QED) is 0.871. The number of aryl methyl sites for hydroxylation is 2. The Morgan fingerprint density at radius 3 is 2.64 bits per heavy atom. The topological polar surface area (TPSA) is 66.4 Å². The Morgan fingerprint density at radius 2 is 1.88 bits per heavy atom. The van der Waals surface area contributed by atoms with Crippen molar-refractivity contribution in [1.29, 1.82) is 0 Å². The molecule has 3 rings (SSSR count). The van der Waals surface area contributed by atoms with Crippen molar-refractivity contribution in [3.05, 3.63) is 65.2 Å². The van der Waals surface area contributed by atoms with Crippen LogP contribution in [0.15, 0.2) is 48.5 Å². The van der Waals surface area contributed by atoms with Crippen LogP contribution in [0.2, 0.25) is 0 Å². The molecule has 1 atom stereocenters. The molecule has 0 radical (unpaired) electrons. The molecule has 0 aliphatic heterocycles. The summed E-state index contributed by atoms with van der Waals surface area (Å²) in [5.74, 6) is -0.791. The van der Waals surface area contributed by atoms with E-state index in [0.29, 0.717) is 6.42 Å². The second-order valence-electron chi connectivity index (χ2n) is 7.05. The molecule has 1 aliphatic rings. The summed E-state index contributed by atoms with van der Waals surface area (Å²) in [4.78, 5) is 23.6. The highest BCUT2D eigenvalue weighted by molar-refractivity contribution is 5.95. The number of benzene rings is 2. The van der Waals surface area contributed by atoms with E-state index in [2.05, 4.69) is 17.4 Å². The van der Waals surface area contributed by atoms with E-state index in [1.165, 1.54) is 11.1 Å². The fourth-order valence-corrected chi connectivity index (χ4v) is 3.42. The van der Waals surface area contributed by atoms with Gasteiger partial charge in [0.1, 0.15) is 0 Å². The van der Waals surface area contributed by atoms with Crippen LogP contribution in [0.5, 0.6) is 0 Å². The number of aliphatic carboxylic acids is 1. The number of carbonyl (C=O) groups excluding carboxylic acids is 1. The molecule has 0 saturated heterocycles. The number of nitrogens with one attached hydrogen (secondary N) is 1. The van der Waals surface area contributed by atoms with Gasteiger partial charge in [-0.2, -0.15) is 0 Å². The van der Waals surface area contributed by atoms with E-state index in [1.54, 1.807) is 0 Å². The Kier molecular flexibility index (Phi) is 4.88. The Morgan fingerprint density at radius 1 is 1.12 bits per heavy atom. The number of carboxylic acid groups (broad SMARTS) is 1. The molecule has 25 heavy (non-hydrogen) atoms. The molecule has 0 spiro atoms. The summed E-state index contributed by atoms with van der Waals surface area (Å²) in [6.45, 7) is 2.02. The first kappa shape index (κ1) is 17.2. The monoisotopic (exact) mass is 337 g/mol. The Labute approximate surface area is 147 Å². The predicted molar refractivity (Wildman–Crippen MR) is 97.6 cm³/mol. The van der Waals surface area contributed by atoms with E-state index in [9.17, 15) is 9.59 Å². The molecular weight excluding hydrogens is 314 g/mol. The Hall–Kier alpha value is -2.62. The Bertz CT molecular complexity index is 799. The zero-order valence-corrected chi connectivity index (χ0v) is 14.4. The molecule has 4 heteroatoms. The molecule has 0 fully saturated rings.